The van der Waals surface area contributed by atoms with Crippen molar-refractivity contribution in [2.45, 2.75) is 18.4 Å². The number of carbonyl (C=O) groups is 1. The lowest BCUT2D eigenvalue weighted by molar-refractivity contribution is -0.143. The number of nitrogens with zero attached hydrogens (tertiary/aromatic N) is 2. The van der Waals surface area contributed by atoms with Crippen molar-refractivity contribution in [3.05, 3.63) is 131 Å². The second-order valence-electron chi connectivity index (χ2n) is 8.89. The molecular formula is C30H22N2O2. The van der Waals surface area contributed by atoms with Crippen LogP contribution in [0.25, 0.3) is 6.08 Å². The van der Waals surface area contributed by atoms with Gasteiger partial charge in [0.25, 0.3) is 5.91 Å². The maximum atomic E-state index is 14.4. The Bertz CT molecular complexity index is 1460. The highest BCUT2D eigenvalue weighted by molar-refractivity contribution is 6.10. The number of hydrogen-bond acceptors (Lipinski definition) is 3. The first-order chi connectivity index (χ1) is 16.8. The Balaban J connectivity index is 1.44. The molecule has 4 heteroatoms. The molecule has 1 spiro atoms. The van der Waals surface area contributed by atoms with Crippen LogP contribution in [0.1, 0.15) is 22.3 Å². The number of amides is 1. The summed E-state index contributed by atoms with van der Waals surface area (Å²) in [6.45, 7) is 0.497. The summed E-state index contributed by atoms with van der Waals surface area (Å²) >= 11 is 0. The van der Waals surface area contributed by atoms with Crippen LogP contribution in [0.5, 0.6) is 0 Å². The van der Waals surface area contributed by atoms with Crippen LogP contribution in [0.3, 0.4) is 0 Å². The van der Waals surface area contributed by atoms with Gasteiger partial charge in [0.2, 0.25) is 5.60 Å². The molecule has 2 atom stereocenters. The molecule has 0 fully saturated rings. The molecule has 0 bridgehead atoms. The van der Waals surface area contributed by atoms with Gasteiger partial charge in [-0.3, -0.25) is 4.79 Å². The van der Waals surface area contributed by atoms with Crippen LogP contribution >= 0.6 is 0 Å². The number of anilines is 3. The van der Waals surface area contributed by atoms with E-state index in [4.69, 9.17) is 4.74 Å². The molecule has 3 heterocycles. The molecular weight excluding hydrogens is 420 g/mol. The van der Waals surface area contributed by atoms with Gasteiger partial charge < -0.3 is 14.5 Å². The van der Waals surface area contributed by atoms with E-state index in [2.05, 4.69) is 47.4 Å². The Morgan fingerprint density at radius 1 is 0.706 bits per heavy atom. The minimum Gasteiger partial charge on any atom is -0.328 e. The van der Waals surface area contributed by atoms with E-state index < -0.39 is 11.8 Å². The number of benzene rings is 4. The fraction of sp³-hybridized carbons (Fsp3) is 0.100. The smallest absolute Gasteiger partial charge is 0.269 e. The fourth-order valence-electron chi connectivity index (χ4n) is 5.56. The summed E-state index contributed by atoms with van der Waals surface area (Å²) in [4.78, 5) is 18.5. The molecule has 0 radical (unpaired) electrons. The molecule has 4 nitrogen and oxygen atoms in total. The van der Waals surface area contributed by atoms with Crippen LogP contribution in [0.15, 0.2) is 109 Å². The number of fused-ring (bicyclic) bond motifs is 8. The second-order valence-corrected chi connectivity index (χ2v) is 8.89. The number of ether oxygens (including phenoxy) is 1. The van der Waals surface area contributed by atoms with Crippen LogP contribution < -0.4 is 9.80 Å². The van der Waals surface area contributed by atoms with Crippen molar-refractivity contribution in [3.8, 4) is 0 Å². The van der Waals surface area contributed by atoms with Gasteiger partial charge >= 0.3 is 0 Å². The molecule has 0 N–H and O–H groups in total. The topological polar surface area (TPSA) is 32.8 Å². The average Bonchev–Trinajstić information content (AvgIpc) is 3.12. The maximum absolute atomic E-state index is 14.4. The number of carbonyl (C=O) groups excluding carboxylic acids is 1. The summed E-state index contributed by atoms with van der Waals surface area (Å²) in [6, 6.07) is 34.6. The first-order valence-electron chi connectivity index (χ1n) is 11.6. The van der Waals surface area contributed by atoms with Crippen molar-refractivity contribution in [1.82, 2.24) is 0 Å². The minimum absolute atomic E-state index is 0.0445. The van der Waals surface area contributed by atoms with E-state index in [-0.39, 0.29) is 5.91 Å². The molecule has 4 aromatic rings. The SMILES string of the molecule is O=C1N(Cc2ccccc2)c2ccccc2[C@@]12O[C@@H]1C=Cc3ccccc3N1c1ccccc12. The van der Waals surface area contributed by atoms with E-state index in [1.54, 1.807) is 0 Å². The molecule has 3 aliphatic heterocycles. The third-order valence-electron chi connectivity index (χ3n) is 7.04. The molecule has 3 aliphatic rings. The van der Waals surface area contributed by atoms with E-state index >= 15 is 0 Å². The zero-order valence-electron chi connectivity index (χ0n) is 18.5. The van der Waals surface area contributed by atoms with Gasteiger partial charge in [-0.1, -0.05) is 91.0 Å². The van der Waals surface area contributed by atoms with Gasteiger partial charge in [0, 0.05) is 11.1 Å². The third kappa shape index (κ3) is 2.54. The summed E-state index contributed by atoms with van der Waals surface area (Å²) in [5.41, 5.74) is 5.79. The molecule has 7 rings (SSSR count). The van der Waals surface area contributed by atoms with Crippen molar-refractivity contribution >= 4 is 29.0 Å². The summed E-state index contributed by atoms with van der Waals surface area (Å²) in [5.74, 6) is -0.0445. The predicted octanol–water partition coefficient (Wildman–Crippen LogP) is 6.00. The van der Waals surface area contributed by atoms with E-state index in [0.29, 0.717) is 6.54 Å². The first-order valence-corrected chi connectivity index (χ1v) is 11.6. The van der Waals surface area contributed by atoms with E-state index in [0.717, 1.165) is 39.3 Å². The predicted molar refractivity (Wildman–Crippen MR) is 134 cm³/mol. The highest BCUT2D eigenvalue weighted by Crippen LogP contribution is 2.55. The van der Waals surface area contributed by atoms with Crippen molar-refractivity contribution in [3.63, 3.8) is 0 Å². The standard InChI is InChI=1S/C30H22N2O2/c33-29-30(23-13-5-8-16-26(23)31(29)20-21-10-2-1-3-11-21)24-14-6-9-17-27(24)32-25-15-7-4-12-22(25)18-19-28(32)34-30/h1-19,28H,20H2/t28-,30+/m1/s1. The summed E-state index contributed by atoms with van der Waals surface area (Å²) < 4.78 is 6.88. The van der Waals surface area contributed by atoms with E-state index in [9.17, 15) is 4.79 Å². The lowest BCUT2D eigenvalue weighted by Crippen LogP contribution is -2.53. The Hall–Kier alpha value is -4.15. The number of rotatable bonds is 2. The summed E-state index contributed by atoms with van der Waals surface area (Å²) in [5, 5.41) is 0. The van der Waals surface area contributed by atoms with Gasteiger partial charge in [-0.15, -0.1) is 0 Å². The molecule has 0 saturated carbocycles. The van der Waals surface area contributed by atoms with Gasteiger partial charge in [0.1, 0.15) is 0 Å². The number of hydrogen-bond donors (Lipinski definition) is 0. The van der Waals surface area contributed by atoms with Crippen LogP contribution in [0.2, 0.25) is 0 Å². The molecule has 0 aliphatic carbocycles. The number of para-hydroxylation sites is 3. The van der Waals surface area contributed by atoms with E-state index in [1.165, 1.54) is 0 Å². The second kappa shape index (κ2) is 7.17. The van der Waals surface area contributed by atoms with Gasteiger partial charge in [-0.05, 0) is 35.4 Å². The lowest BCUT2D eigenvalue weighted by Gasteiger charge is -2.47. The molecule has 34 heavy (non-hydrogen) atoms. The molecule has 4 aromatic carbocycles. The Morgan fingerprint density at radius 3 is 2.12 bits per heavy atom. The highest BCUT2D eigenvalue weighted by Gasteiger charge is 2.58. The average molecular weight is 443 g/mol. The summed E-state index contributed by atoms with van der Waals surface area (Å²) in [6.07, 6.45) is 3.75. The molecule has 0 aromatic heterocycles. The highest BCUT2D eigenvalue weighted by atomic mass is 16.5. The fourth-order valence-corrected chi connectivity index (χ4v) is 5.56. The van der Waals surface area contributed by atoms with Crippen molar-refractivity contribution < 1.29 is 9.53 Å². The van der Waals surface area contributed by atoms with Crippen molar-refractivity contribution in [2.75, 3.05) is 9.80 Å². The molecule has 0 saturated heterocycles. The van der Waals surface area contributed by atoms with E-state index in [1.807, 2.05) is 77.7 Å². The zero-order valence-corrected chi connectivity index (χ0v) is 18.5. The molecule has 1 amide bonds. The molecule has 164 valence electrons. The van der Waals surface area contributed by atoms with Crippen LogP contribution in [0.4, 0.5) is 17.1 Å². The Labute approximate surface area is 198 Å². The first kappa shape index (κ1) is 19.3. The van der Waals surface area contributed by atoms with Gasteiger partial charge in [0.15, 0.2) is 6.23 Å². The largest absolute Gasteiger partial charge is 0.328 e. The van der Waals surface area contributed by atoms with Crippen LogP contribution in [0, 0.1) is 0 Å². The lowest BCUT2D eigenvalue weighted by atomic mass is 9.83. The third-order valence-corrected chi connectivity index (χ3v) is 7.04. The van der Waals surface area contributed by atoms with Crippen LogP contribution in [-0.2, 0) is 21.7 Å². The monoisotopic (exact) mass is 442 g/mol. The normalized spacial score (nSPS) is 21.8. The van der Waals surface area contributed by atoms with Crippen LogP contribution in [-0.4, -0.2) is 12.1 Å². The minimum atomic E-state index is -1.19. The molecule has 0 unspecified atom stereocenters. The van der Waals surface area contributed by atoms with Gasteiger partial charge in [-0.25, -0.2) is 0 Å². The zero-order chi connectivity index (χ0) is 22.7. The Morgan fingerprint density at radius 2 is 1.32 bits per heavy atom. The maximum Gasteiger partial charge on any atom is 0.269 e. The van der Waals surface area contributed by atoms with Gasteiger partial charge in [0.05, 0.1) is 23.6 Å². The summed E-state index contributed by atoms with van der Waals surface area (Å²) in [7, 11) is 0. The van der Waals surface area contributed by atoms with Crippen molar-refractivity contribution in [2.24, 2.45) is 0 Å². The quantitative estimate of drug-likeness (QED) is 0.382. The van der Waals surface area contributed by atoms with Crippen molar-refractivity contribution in [1.29, 1.82) is 0 Å². The Kier molecular flexibility index (Phi) is 4.08. The van der Waals surface area contributed by atoms with Gasteiger partial charge in [-0.2, -0.15) is 0 Å².